The Hall–Kier alpha value is -1.75. The second-order valence-corrected chi connectivity index (χ2v) is 4.70. The Labute approximate surface area is 117 Å². The minimum atomic E-state index is -0.860. The molecule has 1 rings (SSSR count). The molecule has 1 aromatic rings. The van der Waals surface area contributed by atoms with Gasteiger partial charge in [-0.2, -0.15) is 0 Å². The van der Waals surface area contributed by atoms with Crippen LogP contribution in [0.3, 0.4) is 0 Å². The van der Waals surface area contributed by atoms with Gasteiger partial charge in [0.05, 0.1) is 5.92 Å². The predicted molar refractivity (Wildman–Crippen MR) is 73.1 cm³/mol. The summed E-state index contributed by atoms with van der Waals surface area (Å²) in [5, 5.41) is 14.6. The summed E-state index contributed by atoms with van der Waals surface area (Å²) in [5.41, 5.74) is 0.904. The molecular weight excluding hydrogens is 268 g/mol. The third kappa shape index (κ3) is 6.10. The minimum absolute atomic E-state index is 0.322. The number of amides is 2. The van der Waals surface area contributed by atoms with Crippen LogP contribution in [0.25, 0.3) is 0 Å². The molecule has 0 spiro atoms. The molecule has 1 atom stereocenters. The molecular formula is C13H17ClN2O3. The summed E-state index contributed by atoms with van der Waals surface area (Å²) in [6.07, 6.45) is 0.403. The van der Waals surface area contributed by atoms with E-state index in [4.69, 9.17) is 16.7 Å². The summed E-state index contributed by atoms with van der Waals surface area (Å²) in [4.78, 5) is 22.0. The number of carboxylic acids is 1. The lowest BCUT2D eigenvalue weighted by atomic mass is 10.1. The highest BCUT2D eigenvalue weighted by Crippen LogP contribution is 2.10. The lowest BCUT2D eigenvalue weighted by molar-refractivity contribution is -0.141. The molecule has 0 saturated carbocycles. The molecule has 5 nitrogen and oxygen atoms in total. The second kappa shape index (κ2) is 7.63. The van der Waals surface area contributed by atoms with Crippen molar-refractivity contribution in [1.29, 1.82) is 0 Å². The zero-order valence-electron chi connectivity index (χ0n) is 10.6. The number of hydrogen-bond donors (Lipinski definition) is 3. The van der Waals surface area contributed by atoms with Crippen LogP contribution in [0, 0.1) is 5.92 Å². The molecule has 0 aliphatic heterocycles. The van der Waals surface area contributed by atoms with Gasteiger partial charge in [0.15, 0.2) is 0 Å². The molecule has 19 heavy (non-hydrogen) atoms. The van der Waals surface area contributed by atoms with E-state index in [2.05, 4.69) is 10.6 Å². The van der Waals surface area contributed by atoms with Crippen LogP contribution in [-0.4, -0.2) is 23.7 Å². The molecule has 0 heterocycles. The van der Waals surface area contributed by atoms with E-state index in [1.54, 1.807) is 19.1 Å². The Kier molecular flexibility index (Phi) is 6.15. The largest absolute Gasteiger partial charge is 0.481 e. The number of nitrogens with one attached hydrogen (secondary N) is 2. The topological polar surface area (TPSA) is 78.4 Å². The lowest BCUT2D eigenvalue weighted by Crippen LogP contribution is -2.36. The van der Waals surface area contributed by atoms with E-state index in [1.807, 2.05) is 12.1 Å². The van der Waals surface area contributed by atoms with Gasteiger partial charge in [0.25, 0.3) is 0 Å². The maximum absolute atomic E-state index is 11.5. The summed E-state index contributed by atoms with van der Waals surface area (Å²) in [6.45, 7) is 2.31. The quantitative estimate of drug-likeness (QED) is 0.750. The van der Waals surface area contributed by atoms with Crippen LogP contribution in [0.1, 0.15) is 18.9 Å². The van der Waals surface area contributed by atoms with E-state index in [-0.39, 0.29) is 6.03 Å². The van der Waals surface area contributed by atoms with Crippen molar-refractivity contribution in [2.75, 3.05) is 6.54 Å². The lowest BCUT2D eigenvalue weighted by Gasteiger charge is -2.09. The molecule has 0 bridgehead atoms. The van der Waals surface area contributed by atoms with Gasteiger partial charge >= 0.3 is 12.0 Å². The maximum Gasteiger partial charge on any atom is 0.315 e. The summed E-state index contributed by atoms with van der Waals surface area (Å²) in [6, 6.07) is 6.88. The maximum atomic E-state index is 11.5. The first-order valence-electron chi connectivity index (χ1n) is 5.98. The highest BCUT2D eigenvalue weighted by Gasteiger charge is 2.10. The number of rotatable bonds is 6. The molecule has 0 aliphatic rings. The van der Waals surface area contributed by atoms with Crippen molar-refractivity contribution in [3.8, 4) is 0 Å². The third-order valence-electron chi connectivity index (χ3n) is 2.63. The standard InChI is InChI=1S/C13H17ClN2O3/c1-9(12(17)18)5-6-15-13(19)16-8-10-3-2-4-11(14)7-10/h2-4,7,9H,5-6,8H2,1H3,(H,17,18)(H2,15,16,19). The summed E-state index contributed by atoms with van der Waals surface area (Å²) in [5.74, 6) is -1.32. The van der Waals surface area contributed by atoms with E-state index in [0.717, 1.165) is 5.56 Å². The van der Waals surface area contributed by atoms with Gasteiger partial charge in [-0.25, -0.2) is 4.79 Å². The molecule has 6 heteroatoms. The van der Waals surface area contributed by atoms with E-state index in [0.29, 0.717) is 24.5 Å². The molecule has 0 fully saturated rings. The number of urea groups is 1. The number of benzene rings is 1. The van der Waals surface area contributed by atoms with Crippen molar-refractivity contribution < 1.29 is 14.7 Å². The average Bonchev–Trinajstić information content (AvgIpc) is 2.36. The smallest absolute Gasteiger partial charge is 0.315 e. The molecule has 2 amide bonds. The van der Waals surface area contributed by atoms with Crippen LogP contribution in [0.5, 0.6) is 0 Å². The Morgan fingerprint density at radius 1 is 1.37 bits per heavy atom. The van der Waals surface area contributed by atoms with Gasteiger partial charge in [0.2, 0.25) is 0 Å². The highest BCUT2D eigenvalue weighted by atomic mass is 35.5. The van der Waals surface area contributed by atoms with Gasteiger partial charge in [-0.3, -0.25) is 4.79 Å². The average molecular weight is 285 g/mol. The molecule has 0 aromatic heterocycles. The first kappa shape index (κ1) is 15.3. The van der Waals surface area contributed by atoms with Crippen molar-refractivity contribution in [3.63, 3.8) is 0 Å². The number of hydrogen-bond acceptors (Lipinski definition) is 2. The fourth-order valence-electron chi connectivity index (χ4n) is 1.42. The zero-order chi connectivity index (χ0) is 14.3. The number of carbonyl (C=O) groups is 2. The monoisotopic (exact) mass is 284 g/mol. The SMILES string of the molecule is CC(CCNC(=O)NCc1cccc(Cl)c1)C(=O)O. The Bertz CT molecular complexity index is 451. The number of aliphatic carboxylic acids is 1. The van der Waals surface area contributed by atoms with Gasteiger partial charge in [0.1, 0.15) is 0 Å². The van der Waals surface area contributed by atoms with Crippen molar-refractivity contribution in [1.82, 2.24) is 10.6 Å². The Balaban J connectivity index is 2.23. The van der Waals surface area contributed by atoms with E-state index in [9.17, 15) is 9.59 Å². The van der Waals surface area contributed by atoms with Gasteiger partial charge in [-0.15, -0.1) is 0 Å². The number of carbonyl (C=O) groups excluding carboxylic acids is 1. The fourth-order valence-corrected chi connectivity index (χ4v) is 1.63. The van der Waals surface area contributed by atoms with Crippen LogP contribution < -0.4 is 10.6 Å². The fraction of sp³-hybridized carbons (Fsp3) is 0.385. The van der Waals surface area contributed by atoms with Crippen LogP contribution in [0.15, 0.2) is 24.3 Å². The van der Waals surface area contributed by atoms with E-state index >= 15 is 0 Å². The molecule has 104 valence electrons. The van der Waals surface area contributed by atoms with Gasteiger partial charge < -0.3 is 15.7 Å². The Morgan fingerprint density at radius 2 is 2.11 bits per heavy atom. The Morgan fingerprint density at radius 3 is 2.74 bits per heavy atom. The van der Waals surface area contributed by atoms with Crippen molar-refractivity contribution in [2.45, 2.75) is 19.9 Å². The van der Waals surface area contributed by atoms with Gasteiger partial charge in [-0.1, -0.05) is 30.7 Å². The predicted octanol–water partition coefficient (Wildman–Crippen LogP) is 2.25. The summed E-state index contributed by atoms with van der Waals surface area (Å²) >= 11 is 5.82. The first-order valence-corrected chi connectivity index (χ1v) is 6.36. The van der Waals surface area contributed by atoms with Crippen LogP contribution in [0.4, 0.5) is 4.79 Å². The van der Waals surface area contributed by atoms with E-state index in [1.165, 1.54) is 0 Å². The number of halogens is 1. The van der Waals surface area contributed by atoms with Crippen LogP contribution in [-0.2, 0) is 11.3 Å². The molecule has 0 saturated heterocycles. The highest BCUT2D eigenvalue weighted by molar-refractivity contribution is 6.30. The van der Waals surface area contributed by atoms with Crippen molar-refractivity contribution in [3.05, 3.63) is 34.9 Å². The third-order valence-corrected chi connectivity index (χ3v) is 2.86. The number of carboxylic acid groups (broad SMARTS) is 1. The minimum Gasteiger partial charge on any atom is -0.481 e. The van der Waals surface area contributed by atoms with Gasteiger partial charge in [-0.05, 0) is 24.1 Å². The second-order valence-electron chi connectivity index (χ2n) is 4.27. The molecule has 1 aromatic carbocycles. The van der Waals surface area contributed by atoms with E-state index < -0.39 is 11.9 Å². The van der Waals surface area contributed by atoms with Crippen molar-refractivity contribution >= 4 is 23.6 Å². The van der Waals surface area contributed by atoms with Gasteiger partial charge in [0, 0.05) is 18.1 Å². The molecule has 1 unspecified atom stereocenters. The zero-order valence-corrected chi connectivity index (χ0v) is 11.4. The molecule has 0 aliphatic carbocycles. The molecule has 0 radical (unpaired) electrons. The first-order chi connectivity index (χ1) is 8.99. The summed E-state index contributed by atoms with van der Waals surface area (Å²) < 4.78 is 0. The van der Waals surface area contributed by atoms with Crippen molar-refractivity contribution in [2.24, 2.45) is 5.92 Å². The normalized spacial score (nSPS) is 11.7. The van der Waals surface area contributed by atoms with Crippen LogP contribution >= 0.6 is 11.6 Å². The van der Waals surface area contributed by atoms with Crippen LogP contribution in [0.2, 0.25) is 5.02 Å². The summed E-state index contributed by atoms with van der Waals surface area (Å²) in [7, 11) is 0. The molecule has 3 N–H and O–H groups in total.